The number of benzene rings is 2. The molecule has 0 aliphatic rings. The Morgan fingerprint density at radius 2 is 1.75 bits per heavy atom. The molecule has 0 aliphatic heterocycles. The van der Waals surface area contributed by atoms with Crippen LogP contribution in [0.4, 0.5) is 27.6 Å². The van der Waals surface area contributed by atoms with Crippen LogP contribution in [0.3, 0.4) is 0 Å². The molecule has 0 bridgehead atoms. The van der Waals surface area contributed by atoms with Crippen molar-refractivity contribution in [2.75, 3.05) is 0 Å². The third kappa shape index (κ3) is 4.23. The largest absolute Gasteiger partial charge is 0.453 e. The zero-order valence-electron chi connectivity index (χ0n) is 12.5. The molecule has 0 atom stereocenters. The predicted octanol–water partition coefficient (Wildman–Crippen LogP) is 6.37. The van der Waals surface area contributed by atoms with Crippen molar-refractivity contribution in [1.82, 2.24) is 0 Å². The van der Waals surface area contributed by atoms with E-state index < -0.39 is 23.5 Å². The Kier molecular flexibility index (Phi) is 5.13. The summed E-state index contributed by atoms with van der Waals surface area (Å²) in [4.78, 5) is 3.50. The molecule has 2 aromatic rings. The summed E-state index contributed by atoms with van der Waals surface area (Å²) in [6.45, 7) is 2.35. The summed E-state index contributed by atoms with van der Waals surface area (Å²) in [5.41, 5.74) is -0.665. The Morgan fingerprint density at radius 1 is 1.08 bits per heavy atom. The van der Waals surface area contributed by atoms with E-state index in [0.29, 0.717) is 11.6 Å². The lowest BCUT2D eigenvalue weighted by molar-refractivity contribution is -0.0591. The molecule has 0 spiro atoms. The van der Waals surface area contributed by atoms with E-state index in [9.17, 15) is 22.0 Å². The van der Waals surface area contributed by atoms with Crippen molar-refractivity contribution in [1.29, 1.82) is 0 Å². The molecule has 2 nitrogen and oxygen atoms in total. The van der Waals surface area contributed by atoms with Crippen LogP contribution in [0.15, 0.2) is 35.3 Å². The van der Waals surface area contributed by atoms with Gasteiger partial charge in [0, 0.05) is 6.07 Å². The highest BCUT2D eigenvalue weighted by molar-refractivity contribution is 6.32. The summed E-state index contributed by atoms with van der Waals surface area (Å²) in [5.74, 6) is -1.95. The molecule has 0 heterocycles. The van der Waals surface area contributed by atoms with E-state index in [0.717, 1.165) is 19.1 Å². The summed E-state index contributed by atoms with van der Waals surface area (Å²) in [6, 6.07) is 5.23. The summed E-state index contributed by atoms with van der Waals surface area (Å²) in [7, 11) is 0. The fourth-order valence-corrected chi connectivity index (χ4v) is 1.96. The van der Waals surface area contributed by atoms with Gasteiger partial charge in [0.1, 0.15) is 17.3 Å². The van der Waals surface area contributed by atoms with Crippen molar-refractivity contribution in [3.8, 4) is 11.5 Å². The van der Waals surface area contributed by atoms with Crippen molar-refractivity contribution in [2.24, 2.45) is 4.99 Å². The minimum atomic E-state index is -4.55. The topological polar surface area (TPSA) is 21.6 Å². The number of rotatable bonds is 3. The second kappa shape index (κ2) is 6.76. The summed E-state index contributed by atoms with van der Waals surface area (Å²) < 4.78 is 69.4. The van der Waals surface area contributed by atoms with Gasteiger partial charge < -0.3 is 4.74 Å². The normalized spacial score (nSPS) is 12.4. The lowest BCUT2D eigenvalue weighted by atomic mass is 10.2. The molecule has 2 rings (SSSR count). The van der Waals surface area contributed by atoms with E-state index in [2.05, 4.69) is 4.99 Å². The van der Waals surface area contributed by atoms with Crippen molar-refractivity contribution in [3.63, 3.8) is 0 Å². The van der Waals surface area contributed by atoms with Gasteiger partial charge in [-0.05, 0) is 43.7 Å². The predicted molar refractivity (Wildman–Crippen MR) is 81.4 cm³/mol. The van der Waals surface area contributed by atoms with E-state index in [1.54, 1.807) is 0 Å². The molecule has 24 heavy (non-hydrogen) atoms. The number of nitrogens with zero attached hydrogens (tertiary/aromatic N) is 1. The Balaban J connectivity index is 2.36. The van der Waals surface area contributed by atoms with Crippen LogP contribution in [0.25, 0.3) is 0 Å². The van der Waals surface area contributed by atoms with E-state index in [1.807, 2.05) is 0 Å². The quantitative estimate of drug-likeness (QED) is 0.458. The van der Waals surface area contributed by atoms with Gasteiger partial charge in [-0.2, -0.15) is 13.2 Å². The summed E-state index contributed by atoms with van der Waals surface area (Å²) in [6.07, 6.45) is -4.55. The SMILES string of the molecule is CC(=Nc1cc(Cl)c(Oc2ccc(F)cc2F)cc1C)C(F)(F)F. The molecule has 0 radical (unpaired) electrons. The standard InChI is InChI=1S/C16H11ClF5NO/c1-8-5-15(24-14-4-3-10(18)6-12(14)19)11(17)7-13(8)23-9(2)16(20,21)22/h3-7H,1-2H3. The van der Waals surface area contributed by atoms with E-state index in [4.69, 9.17) is 16.3 Å². The molecule has 0 fully saturated rings. The molecule has 0 aromatic heterocycles. The number of aliphatic imine (C=N–C) groups is 1. The first kappa shape index (κ1) is 18.2. The van der Waals surface area contributed by atoms with Crippen LogP contribution in [-0.4, -0.2) is 11.9 Å². The third-order valence-electron chi connectivity index (χ3n) is 3.06. The maximum atomic E-state index is 13.6. The molecule has 0 saturated heterocycles. The highest BCUT2D eigenvalue weighted by atomic mass is 35.5. The molecule has 128 valence electrons. The lowest BCUT2D eigenvalue weighted by Crippen LogP contribution is -2.18. The molecule has 0 saturated carbocycles. The van der Waals surface area contributed by atoms with E-state index >= 15 is 0 Å². The van der Waals surface area contributed by atoms with Gasteiger partial charge in [-0.25, -0.2) is 13.8 Å². The van der Waals surface area contributed by atoms with E-state index in [-0.39, 0.29) is 22.2 Å². The van der Waals surface area contributed by atoms with Gasteiger partial charge in [0.25, 0.3) is 0 Å². The maximum absolute atomic E-state index is 13.6. The second-order valence-electron chi connectivity index (χ2n) is 4.94. The minimum absolute atomic E-state index is 0.0155. The molecule has 2 aromatic carbocycles. The Bertz CT molecular complexity index is 802. The molecule has 8 heteroatoms. The molecule has 0 amide bonds. The first-order valence-corrected chi connectivity index (χ1v) is 7.01. The third-order valence-corrected chi connectivity index (χ3v) is 3.36. The van der Waals surface area contributed by atoms with Crippen LogP contribution >= 0.6 is 11.6 Å². The highest BCUT2D eigenvalue weighted by Crippen LogP contribution is 2.36. The van der Waals surface area contributed by atoms with E-state index in [1.165, 1.54) is 19.1 Å². The molecular weight excluding hydrogens is 353 g/mol. The smallest absolute Gasteiger partial charge is 0.429 e. The summed E-state index contributed by atoms with van der Waals surface area (Å²) in [5, 5.41) is -0.0574. The number of ether oxygens (including phenoxy) is 1. The van der Waals surface area contributed by atoms with Crippen LogP contribution in [-0.2, 0) is 0 Å². The van der Waals surface area contributed by atoms with Crippen molar-refractivity contribution >= 4 is 23.0 Å². The molecular formula is C16H11ClF5NO. The number of aryl methyl sites for hydroxylation is 1. The lowest BCUT2D eigenvalue weighted by Gasteiger charge is -2.12. The number of hydrogen-bond acceptors (Lipinski definition) is 2. The fourth-order valence-electron chi connectivity index (χ4n) is 1.76. The van der Waals surface area contributed by atoms with Crippen LogP contribution in [0.5, 0.6) is 11.5 Å². The van der Waals surface area contributed by atoms with Gasteiger partial charge in [-0.15, -0.1) is 0 Å². The van der Waals surface area contributed by atoms with Gasteiger partial charge in [0.15, 0.2) is 11.6 Å². The van der Waals surface area contributed by atoms with Gasteiger partial charge in [-0.3, -0.25) is 0 Å². The zero-order chi connectivity index (χ0) is 18.1. The van der Waals surface area contributed by atoms with Gasteiger partial charge in [-0.1, -0.05) is 11.6 Å². The molecule has 0 aliphatic carbocycles. The van der Waals surface area contributed by atoms with Crippen molar-refractivity contribution in [3.05, 3.63) is 52.6 Å². The van der Waals surface area contributed by atoms with Crippen molar-refractivity contribution < 1.29 is 26.7 Å². The average molecular weight is 364 g/mol. The molecule has 0 unspecified atom stereocenters. The zero-order valence-corrected chi connectivity index (χ0v) is 13.3. The van der Waals surface area contributed by atoms with Crippen molar-refractivity contribution in [2.45, 2.75) is 20.0 Å². The summed E-state index contributed by atoms with van der Waals surface area (Å²) >= 11 is 5.96. The van der Waals surface area contributed by atoms with Gasteiger partial charge in [0.05, 0.1) is 10.7 Å². The van der Waals surface area contributed by atoms with Gasteiger partial charge in [0.2, 0.25) is 0 Å². The second-order valence-corrected chi connectivity index (χ2v) is 5.35. The van der Waals surface area contributed by atoms with Gasteiger partial charge >= 0.3 is 6.18 Å². The Hall–Kier alpha value is -2.15. The first-order valence-electron chi connectivity index (χ1n) is 6.63. The average Bonchev–Trinajstić information content (AvgIpc) is 2.45. The van der Waals surface area contributed by atoms with Crippen LogP contribution < -0.4 is 4.74 Å². The maximum Gasteiger partial charge on any atom is 0.429 e. The first-order chi connectivity index (χ1) is 11.1. The number of alkyl halides is 3. The molecule has 0 N–H and O–H groups in total. The highest BCUT2D eigenvalue weighted by Gasteiger charge is 2.32. The Morgan fingerprint density at radius 3 is 2.33 bits per heavy atom. The van der Waals surface area contributed by atoms with Crippen LogP contribution in [0.2, 0.25) is 5.02 Å². The fraction of sp³-hybridized carbons (Fsp3) is 0.188. The number of halogens is 6. The van der Waals surface area contributed by atoms with Crippen LogP contribution in [0, 0.1) is 18.6 Å². The van der Waals surface area contributed by atoms with Crippen LogP contribution in [0.1, 0.15) is 12.5 Å². The Labute approximate surface area is 139 Å². The number of hydrogen-bond donors (Lipinski definition) is 0. The minimum Gasteiger partial charge on any atom is -0.453 e. The monoisotopic (exact) mass is 363 g/mol.